The average molecular weight is 478 g/mol. The van der Waals surface area contributed by atoms with Crippen LogP contribution in [0.2, 0.25) is 0 Å². The molecule has 9 nitrogen and oxygen atoms in total. The number of rotatable bonds is 7. The molecule has 2 aromatic heterocycles. The van der Waals surface area contributed by atoms with Crippen molar-refractivity contribution in [3.05, 3.63) is 95.6 Å². The lowest BCUT2D eigenvalue weighted by Gasteiger charge is -2.29. The molecule has 0 spiro atoms. The van der Waals surface area contributed by atoms with Crippen LogP contribution in [0.3, 0.4) is 0 Å². The molecule has 1 aliphatic rings. The second-order valence-electron chi connectivity index (χ2n) is 7.90. The van der Waals surface area contributed by atoms with E-state index >= 15 is 0 Å². The number of carboxylic acid groups (broad SMARTS) is 1. The Bertz CT molecular complexity index is 1300. The highest BCUT2D eigenvalue weighted by Gasteiger charge is 2.29. The highest BCUT2D eigenvalue weighted by atomic mass is 19.1. The van der Waals surface area contributed by atoms with Crippen molar-refractivity contribution in [2.45, 2.75) is 32.4 Å². The van der Waals surface area contributed by atoms with E-state index in [0.29, 0.717) is 28.4 Å². The zero-order valence-corrected chi connectivity index (χ0v) is 19.0. The third-order valence-electron chi connectivity index (χ3n) is 5.40. The van der Waals surface area contributed by atoms with E-state index in [0.717, 1.165) is 0 Å². The number of hydrogen-bond donors (Lipinski definition) is 2. The summed E-state index contributed by atoms with van der Waals surface area (Å²) in [5.41, 5.74) is 2.17. The first-order valence-corrected chi connectivity index (χ1v) is 10.8. The number of aromatic nitrogens is 2. The van der Waals surface area contributed by atoms with E-state index < -0.39 is 30.0 Å². The number of nitrogens with zero attached hydrogens (tertiary/aromatic N) is 3. The van der Waals surface area contributed by atoms with Crippen molar-refractivity contribution in [3.63, 3.8) is 0 Å². The van der Waals surface area contributed by atoms with E-state index in [-0.39, 0.29) is 12.0 Å². The maximum absolute atomic E-state index is 14.0. The number of carbonyl (C=O) groups excluding carboxylic acids is 1. The van der Waals surface area contributed by atoms with Gasteiger partial charge >= 0.3 is 12.1 Å². The minimum absolute atomic E-state index is 0.168. The van der Waals surface area contributed by atoms with Crippen LogP contribution in [0.25, 0.3) is 0 Å². The molecular weight excluding hydrogens is 455 g/mol. The summed E-state index contributed by atoms with van der Waals surface area (Å²) >= 11 is 0. The summed E-state index contributed by atoms with van der Waals surface area (Å²) in [6.07, 6.45) is 8.55. The molecule has 1 aromatic carbocycles. The molecule has 1 amide bonds. The van der Waals surface area contributed by atoms with Crippen LogP contribution in [-0.4, -0.2) is 27.3 Å². The molecule has 2 N–H and O–H groups in total. The number of amides is 1. The number of carbonyl (C=O) groups is 2. The van der Waals surface area contributed by atoms with Crippen LogP contribution >= 0.6 is 0 Å². The summed E-state index contributed by atoms with van der Waals surface area (Å²) in [4.78, 5) is 29.7. The van der Waals surface area contributed by atoms with E-state index in [1.165, 1.54) is 12.3 Å². The Morgan fingerprint density at radius 1 is 1.29 bits per heavy atom. The Balaban J connectivity index is 1.56. The molecule has 0 bridgehead atoms. The standard InChI is InChI=1S/C25H23FN4O5/c1-15-23(28-25(33)34-16(2)19-7-3-4-8-20(19)26)24(35-29-15)21-9-5-6-10-30(21)18-11-17(12-22(31)32)13-27-14-18/h3-11,13-14,16,21H,12H2,1-2H3,(H,28,33)(H,31,32)/t16-,21?/m1/s1. The lowest BCUT2D eigenvalue weighted by molar-refractivity contribution is -0.136. The SMILES string of the molecule is Cc1noc(C2C=CC=CN2c2cncc(CC(=O)O)c2)c1NC(=O)O[C@H](C)c1ccccc1F. The number of anilines is 2. The summed E-state index contributed by atoms with van der Waals surface area (Å²) in [6.45, 7) is 3.25. The third kappa shape index (κ3) is 5.37. The normalized spacial score (nSPS) is 15.6. The number of allylic oxidation sites excluding steroid dienone is 2. The van der Waals surface area contributed by atoms with Crippen molar-refractivity contribution in [3.8, 4) is 0 Å². The number of aryl methyl sites for hydroxylation is 1. The minimum Gasteiger partial charge on any atom is -0.481 e. The second kappa shape index (κ2) is 10.2. The molecule has 0 saturated carbocycles. The van der Waals surface area contributed by atoms with Gasteiger partial charge in [0.1, 0.15) is 29.3 Å². The number of nitrogens with one attached hydrogen (secondary N) is 1. The quantitative estimate of drug-likeness (QED) is 0.482. The fraction of sp³-hybridized carbons (Fsp3) is 0.200. The summed E-state index contributed by atoms with van der Waals surface area (Å²) in [7, 11) is 0. The second-order valence-corrected chi connectivity index (χ2v) is 7.90. The molecule has 4 rings (SSSR count). The van der Waals surface area contributed by atoms with Crippen LogP contribution in [0.4, 0.5) is 20.6 Å². The largest absolute Gasteiger partial charge is 0.481 e. The van der Waals surface area contributed by atoms with E-state index in [2.05, 4.69) is 15.5 Å². The molecule has 3 aromatic rings. The molecule has 2 atom stereocenters. The Hall–Kier alpha value is -4.47. The van der Waals surface area contributed by atoms with Crippen molar-refractivity contribution >= 4 is 23.4 Å². The van der Waals surface area contributed by atoms with Gasteiger partial charge in [-0.3, -0.25) is 15.1 Å². The van der Waals surface area contributed by atoms with Crippen LogP contribution in [-0.2, 0) is 16.0 Å². The molecule has 1 unspecified atom stereocenters. The highest BCUT2D eigenvalue weighted by molar-refractivity contribution is 5.86. The van der Waals surface area contributed by atoms with E-state index in [9.17, 15) is 14.0 Å². The van der Waals surface area contributed by atoms with Gasteiger partial charge < -0.3 is 19.3 Å². The summed E-state index contributed by atoms with van der Waals surface area (Å²) in [5.74, 6) is -1.10. The van der Waals surface area contributed by atoms with Gasteiger partial charge in [-0.2, -0.15) is 0 Å². The summed E-state index contributed by atoms with van der Waals surface area (Å²) in [6, 6.07) is 7.28. The van der Waals surface area contributed by atoms with E-state index in [1.54, 1.807) is 56.6 Å². The summed E-state index contributed by atoms with van der Waals surface area (Å²) < 4.78 is 25.0. The predicted octanol–water partition coefficient (Wildman–Crippen LogP) is 5.09. The van der Waals surface area contributed by atoms with Gasteiger partial charge in [0.25, 0.3) is 0 Å². The molecule has 10 heteroatoms. The monoisotopic (exact) mass is 478 g/mol. The molecular formula is C25H23FN4O5. The molecule has 0 radical (unpaired) electrons. The number of benzene rings is 1. The maximum Gasteiger partial charge on any atom is 0.412 e. The van der Waals surface area contributed by atoms with Gasteiger partial charge in [-0.05, 0) is 37.6 Å². The van der Waals surface area contributed by atoms with Gasteiger partial charge in [0.2, 0.25) is 0 Å². The fourth-order valence-corrected chi connectivity index (χ4v) is 3.75. The predicted molar refractivity (Wildman–Crippen MR) is 125 cm³/mol. The Labute approximate surface area is 200 Å². The fourth-order valence-electron chi connectivity index (χ4n) is 3.75. The van der Waals surface area contributed by atoms with Gasteiger partial charge in [0.05, 0.1) is 18.3 Å². The van der Waals surface area contributed by atoms with Crippen molar-refractivity contribution < 1.29 is 28.3 Å². The molecule has 0 aliphatic carbocycles. The van der Waals surface area contributed by atoms with Crippen LogP contribution in [0.5, 0.6) is 0 Å². The number of ether oxygens (including phenoxy) is 1. The first-order chi connectivity index (χ1) is 16.8. The Morgan fingerprint density at radius 3 is 2.86 bits per heavy atom. The lowest BCUT2D eigenvalue weighted by Crippen LogP contribution is -2.25. The molecule has 1 aliphatic heterocycles. The average Bonchev–Trinajstić information content (AvgIpc) is 3.18. The number of hydrogen-bond acceptors (Lipinski definition) is 7. The molecule has 0 fully saturated rings. The highest BCUT2D eigenvalue weighted by Crippen LogP contribution is 2.36. The molecule has 3 heterocycles. The lowest BCUT2D eigenvalue weighted by atomic mass is 10.1. The minimum atomic E-state index is -0.963. The first-order valence-electron chi connectivity index (χ1n) is 10.8. The van der Waals surface area contributed by atoms with Crippen molar-refractivity contribution in [1.82, 2.24) is 10.1 Å². The smallest absolute Gasteiger partial charge is 0.412 e. The van der Waals surface area contributed by atoms with Crippen LogP contribution < -0.4 is 10.2 Å². The zero-order chi connectivity index (χ0) is 24.9. The van der Waals surface area contributed by atoms with E-state index in [1.807, 2.05) is 17.1 Å². The van der Waals surface area contributed by atoms with Crippen molar-refractivity contribution in [1.29, 1.82) is 0 Å². The molecule has 180 valence electrons. The number of carboxylic acids is 1. The Kier molecular flexibility index (Phi) is 6.91. The Morgan fingerprint density at radius 2 is 2.09 bits per heavy atom. The van der Waals surface area contributed by atoms with Crippen LogP contribution in [0.15, 0.2) is 71.7 Å². The van der Waals surface area contributed by atoms with Crippen LogP contribution in [0, 0.1) is 12.7 Å². The van der Waals surface area contributed by atoms with Crippen LogP contribution in [0.1, 0.15) is 41.7 Å². The topological polar surface area (TPSA) is 118 Å². The van der Waals surface area contributed by atoms with Gasteiger partial charge in [-0.15, -0.1) is 0 Å². The number of pyridine rings is 1. The zero-order valence-electron chi connectivity index (χ0n) is 19.0. The third-order valence-corrected chi connectivity index (χ3v) is 5.40. The summed E-state index contributed by atoms with van der Waals surface area (Å²) in [5, 5.41) is 15.8. The first kappa shape index (κ1) is 23.7. The number of aliphatic carboxylic acids is 1. The molecule has 0 saturated heterocycles. The van der Waals surface area contributed by atoms with Gasteiger partial charge in [-0.25, -0.2) is 9.18 Å². The van der Waals surface area contributed by atoms with Gasteiger partial charge in [0, 0.05) is 18.0 Å². The van der Waals surface area contributed by atoms with E-state index in [4.69, 9.17) is 14.4 Å². The van der Waals surface area contributed by atoms with Gasteiger partial charge in [0.15, 0.2) is 5.76 Å². The van der Waals surface area contributed by atoms with Gasteiger partial charge in [-0.1, -0.05) is 35.5 Å². The molecule has 35 heavy (non-hydrogen) atoms. The van der Waals surface area contributed by atoms with Crippen molar-refractivity contribution in [2.75, 3.05) is 10.2 Å². The number of halogens is 1. The van der Waals surface area contributed by atoms with Crippen molar-refractivity contribution in [2.24, 2.45) is 0 Å². The maximum atomic E-state index is 14.0.